The Hall–Kier alpha value is -1.10. The molecule has 5 heteroatoms. The van der Waals surface area contributed by atoms with Crippen molar-refractivity contribution in [2.75, 3.05) is 32.8 Å². The minimum atomic E-state index is 0.0484. The van der Waals surface area contributed by atoms with Crippen molar-refractivity contribution in [2.24, 2.45) is 5.92 Å². The maximum atomic E-state index is 12.0. The summed E-state index contributed by atoms with van der Waals surface area (Å²) in [5, 5.41) is 2.93. The lowest BCUT2D eigenvalue weighted by Gasteiger charge is -2.21. The fraction of sp³-hybridized carbons (Fsp3) is 0.875. The number of hydrogen-bond acceptors (Lipinski definition) is 3. The molecule has 1 N–H and O–H groups in total. The van der Waals surface area contributed by atoms with Gasteiger partial charge in [-0.25, -0.2) is 0 Å². The highest BCUT2D eigenvalue weighted by Crippen LogP contribution is 2.10. The number of nitrogens with one attached hydrogen (secondary N) is 1. The molecule has 1 aliphatic rings. The lowest BCUT2D eigenvalue weighted by atomic mass is 10.1. The minimum Gasteiger partial charge on any atom is -0.381 e. The quantitative estimate of drug-likeness (QED) is 0.671. The molecule has 0 aromatic carbocycles. The normalized spacial score (nSPS) is 17.7. The van der Waals surface area contributed by atoms with E-state index >= 15 is 0 Å². The van der Waals surface area contributed by atoms with Crippen LogP contribution in [0.5, 0.6) is 0 Å². The second-order valence-corrected chi connectivity index (χ2v) is 5.77. The zero-order valence-electron chi connectivity index (χ0n) is 13.5. The van der Waals surface area contributed by atoms with Gasteiger partial charge >= 0.3 is 0 Å². The van der Waals surface area contributed by atoms with Crippen molar-refractivity contribution in [3.63, 3.8) is 0 Å². The predicted molar refractivity (Wildman–Crippen MR) is 82.9 cm³/mol. The molecule has 5 nitrogen and oxygen atoms in total. The van der Waals surface area contributed by atoms with E-state index in [0.717, 1.165) is 45.6 Å². The highest BCUT2D eigenvalue weighted by Gasteiger charge is 2.16. The number of amides is 2. The number of nitrogens with zero attached hydrogens (tertiary/aromatic N) is 1. The highest BCUT2D eigenvalue weighted by molar-refractivity contribution is 5.78. The van der Waals surface area contributed by atoms with Crippen LogP contribution in [0.15, 0.2) is 0 Å². The number of carbonyl (C=O) groups is 2. The van der Waals surface area contributed by atoms with Crippen LogP contribution in [0, 0.1) is 5.92 Å². The average molecular weight is 298 g/mol. The monoisotopic (exact) mass is 298 g/mol. The summed E-state index contributed by atoms with van der Waals surface area (Å²) in [5.41, 5.74) is 0. The van der Waals surface area contributed by atoms with E-state index in [4.69, 9.17) is 4.74 Å². The fourth-order valence-electron chi connectivity index (χ4n) is 2.55. The Labute approximate surface area is 128 Å². The second-order valence-electron chi connectivity index (χ2n) is 5.77. The van der Waals surface area contributed by atoms with Crippen LogP contribution in [0.4, 0.5) is 0 Å². The smallest absolute Gasteiger partial charge is 0.222 e. The summed E-state index contributed by atoms with van der Waals surface area (Å²) < 4.78 is 5.27. The molecular weight excluding hydrogens is 268 g/mol. The van der Waals surface area contributed by atoms with E-state index in [1.807, 2.05) is 4.90 Å². The molecule has 122 valence electrons. The van der Waals surface area contributed by atoms with E-state index < -0.39 is 0 Å². The number of rotatable bonds is 10. The van der Waals surface area contributed by atoms with Gasteiger partial charge in [0.25, 0.3) is 0 Å². The zero-order valence-corrected chi connectivity index (χ0v) is 13.5. The number of hydrogen-bond donors (Lipinski definition) is 1. The van der Waals surface area contributed by atoms with Gasteiger partial charge in [-0.1, -0.05) is 13.8 Å². The Bertz CT molecular complexity index is 309. The first-order valence-electron chi connectivity index (χ1n) is 8.29. The van der Waals surface area contributed by atoms with E-state index in [0.29, 0.717) is 31.7 Å². The van der Waals surface area contributed by atoms with Crippen LogP contribution in [0.1, 0.15) is 52.4 Å². The van der Waals surface area contributed by atoms with E-state index in [1.54, 1.807) is 0 Å². The Morgan fingerprint density at radius 2 is 1.90 bits per heavy atom. The SMILES string of the molecule is CCCN(CCC)C(=O)CCCC(=O)NCC1CCOC1. The topological polar surface area (TPSA) is 58.6 Å². The van der Waals surface area contributed by atoms with E-state index in [2.05, 4.69) is 19.2 Å². The summed E-state index contributed by atoms with van der Waals surface area (Å²) >= 11 is 0. The number of carbonyl (C=O) groups excluding carboxylic acids is 2. The molecule has 0 bridgehead atoms. The van der Waals surface area contributed by atoms with Gasteiger partial charge in [0.2, 0.25) is 11.8 Å². The van der Waals surface area contributed by atoms with E-state index in [-0.39, 0.29) is 11.8 Å². The van der Waals surface area contributed by atoms with Crippen LogP contribution >= 0.6 is 0 Å². The first-order chi connectivity index (χ1) is 10.2. The Kier molecular flexibility index (Phi) is 9.06. The van der Waals surface area contributed by atoms with Gasteiger partial charge in [-0.3, -0.25) is 9.59 Å². The van der Waals surface area contributed by atoms with Gasteiger partial charge in [-0.15, -0.1) is 0 Å². The van der Waals surface area contributed by atoms with Crippen molar-refractivity contribution in [2.45, 2.75) is 52.4 Å². The van der Waals surface area contributed by atoms with Gasteiger partial charge in [0, 0.05) is 45.0 Å². The van der Waals surface area contributed by atoms with Crippen molar-refractivity contribution >= 4 is 11.8 Å². The summed E-state index contributed by atoms with van der Waals surface area (Å²) in [6.07, 6.45) is 4.54. The summed E-state index contributed by atoms with van der Waals surface area (Å²) in [5.74, 6) is 0.683. The molecule has 21 heavy (non-hydrogen) atoms. The second kappa shape index (κ2) is 10.6. The maximum Gasteiger partial charge on any atom is 0.222 e. The third kappa shape index (κ3) is 7.46. The largest absolute Gasteiger partial charge is 0.381 e. The summed E-state index contributed by atoms with van der Waals surface area (Å²) in [7, 11) is 0. The maximum absolute atomic E-state index is 12.0. The lowest BCUT2D eigenvalue weighted by Crippen LogP contribution is -2.33. The Balaban J connectivity index is 2.12. The van der Waals surface area contributed by atoms with Crippen molar-refractivity contribution < 1.29 is 14.3 Å². The van der Waals surface area contributed by atoms with Gasteiger partial charge in [0.15, 0.2) is 0 Å². The molecule has 0 saturated carbocycles. The predicted octanol–water partition coefficient (Wildman–Crippen LogP) is 1.96. The van der Waals surface area contributed by atoms with Crippen LogP contribution < -0.4 is 5.32 Å². The summed E-state index contributed by atoms with van der Waals surface area (Å²) in [4.78, 5) is 25.7. The molecule has 1 saturated heterocycles. The molecule has 0 spiro atoms. The van der Waals surface area contributed by atoms with Crippen LogP contribution in [-0.4, -0.2) is 49.6 Å². The molecule has 1 rings (SSSR count). The Morgan fingerprint density at radius 1 is 1.19 bits per heavy atom. The first kappa shape index (κ1) is 18.0. The molecule has 0 aromatic rings. The minimum absolute atomic E-state index is 0.0484. The third-order valence-electron chi connectivity index (χ3n) is 3.75. The fourth-order valence-corrected chi connectivity index (χ4v) is 2.55. The van der Waals surface area contributed by atoms with Crippen molar-refractivity contribution in [3.05, 3.63) is 0 Å². The standard InChI is InChI=1S/C16H30N2O3/c1-3-9-18(10-4-2)16(20)7-5-6-15(19)17-12-14-8-11-21-13-14/h14H,3-13H2,1-2H3,(H,17,19). The molecule has 2 amide bonds. The molecule has 1 atom stereocenters. The summed E-state index contributed by atoms with van der Waals surface area (Å²) in [6, 6.07) is 0. The molecule has 1 heterocycles. The number of ether oxygens (including phenoxy) is 1. The molecule has 1 unspecified atom stereocenters. The molecule has 1 fully saturated rings. The molecule has 1 aliphatic heterocycles. The molecule has 0 aliphatic carbocycles. The van der Waals surface area contributed by atoms with Crippen LogP contribution in [-0.2, 0) is 14.3 Å². The average Bonchev–Trinajstić information content (AvgIpc) is 2.98. The van der Waals surface area contributed by atoms with Gasteiger partial charge in [-0.05, 0) is 25.7 Å². The van der Waals surface area contributed by atoms with Crippen molar-refractivity contribution in [3.8, 4) is 0 Å². The molecule has 0 radical (unpaired) electrons. The van der Waals surface area contributed by atoms with Crippen LogP contribution in [0.2, 0.25) is 0 Å². The molecular formula is C16H30N2O3. The third-order valence-corrected chi connectivity index (χ3v) is 3.75. The van der Waals surface area contributed by atoms with Crippen LogP contribution in [0.25, 0.3) is 0 Å². The van der Waals surface area contributed by atoms with Crippen LogP contribution in [0.3, 0.4) is 0 Å². The summed E-state index contributed by atoms with van der Waals surface area (Å²) in [6.45, 7) is 8.05. The lowest BCUT2D eigenvalue weighted by molar-refractivity contribution is -0.131. The first-order valence-corrected chi connectivity index (χ1v) is 8.29. The van der Waals surface area contributed by atoms with Gasteiger partial charge in [0.05, 0.1) is 6.61 Å². The van der Waals surface area contributed by atoms with Crippen molar-refractivity contribution in [1.29, 1.82) is 0 Å². The van der Waals surface area contributed by atoms with Gasteiger partial charge < -0.3 is 15.0 Å². The van der Waals surface area contributed by atoms with Crippen molar-refractivity contribution in [1.82, 2.24) is 10.2 Å². The van der Waals surface area contributed by atoms with Gasteiger partial charge in [-0.2, -0.15) is 0 Å². The Morgan fingerprint density at radius 3 is 2.48 bits per heavy atom. The van der Waals surface area contributed by atoms with E-state index in [9.17, 15) is 9.59 Å². The zero-order chi connectivity index (χ0) is 15.5. The highest BCUT2D eigenvalue weighted by atomic mass is 16.5. The van der Waals surface area contributed by atoms with E-state index in [1.165, 1.54) is 0 Å². The molecule has 0 aromatic heterocycles. The van der Waals surface area contributed by atoms with Gasteiger partial charge in [0.1, 0.15) is 0 Å².